The lowest BCUT2D eigenvalue weighted by atomic mass is 9.80. The number of aryl methyl sites for hydroxylation is 1. The summed E-state index contributed by atoms with van der Waals surface area (Å²) in [5.74, 6) is 0.189. The molecule has 0 unspecified atom stereocenters. The fourth-order valence-corrected chi connectivity index (χ4v) is 4.91. The van der Waals surface area contributed by atoms with Crippen molar-refractivity contribution in [3.8, 4) is 11.4 Å². The Hall–Kier alpha value is -3.19. The minimum Gasteiger partial charge on any atom is -0.377 e. The van der Waals surface area contributed by atoms with Crippen LogP contribution in [0.5, 0.6) is 5.75 Å². The van der Waals surface area contributed by atoms with Crippen molar-refractivity contribution in [1.29, 1.82) is 0 Å². The summed E-state index contributed by atoms with van der Waals surface area (Å²) in [6.45, 7) is 8.51. The van der Waals surface area contributed by atoms with E-state index in [1.54, 1.807) is 30.3 Å². The van der Waals surface area contributed by atoms with E-state index >= 15 is 0 Å². The van der Waals surface area contributed by atoms with Gasteiger partial charge in [-0.1, -0.05) is 75.9 Å². The Kier molecular flexibility index (Phi) is 6.75. The van der Waals surface area contributed by atoms with Crippen LogP contribution in [0, 0.1) is 6.92 Å². The molecule has 0 radical (unpaired) electrons. The number of hydrogen-bond acceptors (Lipinski definition) is 5. The third-order valence-corrected chi connectivity index (χ3v) is 7.41. The maximum absolute atomic E-state index is 13.1. The average molecular weight is 478 g/mol. The molecule has 178 valence electrons. The molecule has 1 aromatic heterocycles. The Bertz CT molecular complexity index is 1360. The predicted molar refractivity (Wildman–Crippen MR) is 135 cm³/mol. The molecule has 6 nitrogen and oxygen atoms in total. The highest BCUT2D eigenvalue weighted by Gasteiger charge is 2.25. The van der Waals surface area contributed by atoms with Crippen LogP contribution in [0.15, 0.2) is 71.6 Å². The van der Waals surface area contributed by atoms with E-state index < -0.39 is 10.1 Å². The van der Waals surface area contributed by atoms with Crippen molar-refractivity contribution in [3.63, 3.8) is 0 Å². The van der Waals surface area contributed by atoms with Gasteiger partial charge in [-0.25, -0.2) is 0 Å². The van der Waals surface area contributed by atoms with Crippen molar-refractivity contribution in [2.75, 3.05) is 0 Å². The number of nitrogens with zero attached hydrogens (tertiary/aromatic N) is 3. The van der Waals surface area contributed by atoms with E-state index in [-0.39, 0.29) is 16.1 Å². The Morgan fingerprint density at radius 2 is 1.56 bits per heavy atom. The van der Waals surface area contributed by atoms with Crippen molar-refractivity contribution in [1.82, 2.24) is 15.0 Å². The molecule has 34 heavy (non-hydrogen) atoms. The fraction of sp³-hybridized carbons (Fsp3) is 0.333. The van der Waals surface area contributed by atoms with Gasteiger partial charge < -0.3 is 4.18 Å². The molecule has 0 aliphatic carbocycles. The zero-order valence-corrected chi connectivity index (χ0v) is 21.0. The van der Waals surface area contributed by atoms with Crippen LogP contribution in [0.2, 0.25) is 0 Å². The number of hydrogen-bond donors (Lipinski definition) is 0. The fourth-order valence-electron chi connectivity index (χ4n) is 3.97. The molecule has 7 heteroatoms. The summed E-state index contributed by atoms with van der Waals surface area (Å²) in [4.78, 5) is 1.57. The van der Waals surface area contributed by atoms with Gasteiger partial charge in [0.25, 0.3) is 0 Å². The predicted octanol–water partition coefficient (Wildman–Crippen LogP) is 6.35. The number of aromatic nitrogens is 3. The highest BCUT2D eigenvalue weighted by atomic mass is 32.2. The molecular formula is C27H31N3O3S. The van der Waals surface area contributed by atoms with Crippen molar-refractivity contribution < 1.29 is 12.6 Å². The van der Waals surface area contributed by atoms with Gasteiger partial charge in [0.05, 0.1) is 0 Å². The van der Waals surface area contributed by atoms with Crippen LogP contribution in [0.4, 0.5) is 0 Å². The van der Waals surface area contributed by atoms with E-state index in [2.05, 4.69) is 31.0 Å². The second-order valence-corrected chi connectivity index (χ2v) is 10.9. The van der Waals surface area contributed by atoms with Gasteiger partial charge in [-0.15, -0.1) is 15.0 Å². The number of unbranched alkanes of at least 4 members (excludes halogenated alkanes) is 2. The van der Waals surface area contributed by atoms with Gasteiger partial charge in [0, 0.05) is 0 Å². The zero-order valence-electron chi connectivity index (χ0n) is 20.2. The maximum atomic E-state index is 13.1. The Morgan fingerprint density at radius 3 is 2.18 bits per heavy atom. The van der Waals surface area contributed by atoms with E-state index in [9.17, 15) is 8.42 Å². The summed E-state index contributed by atoms with van der Waals surface area (Å²) in [5.41, 5.74) is 3.91. The SMILES string of the molecule is CCCCCC(C)(C)c1ccc(OS(=O)(=O)c2ccc(C)cc2)c(-n2nc3ccccc3n2)c1. The molecule has 0 amide bonds. The van der Waals surface area contributed by atoms with Gasteiger partial charge in [-0.2, -0.15) is 8.42 Å². The molecule has 0 atom stereocenters. The summed E-state index contributed by atoms with van der Waals surface area (Å²) in [6.07, 6.45) is 4.49. The highest BCUT2D eigenvalue weighted by Crippen LogP contribution is 2.35. The van der Waals surface area contributed by atoms with Gasteiger partial charge in [0.15, 0.2) is 5.75 Å². The second-order valence-electron chi connectivity index (χ2n) is 9.35. The van der Waals surface area contributed by atoms with Crippen LogP contribution in [-0.2, 0) is 15.5 Å². The van der Waals surface area contributed by atoms with E-state index in [4.69, 9.17) is 4.18 Å². The van der Waals surface area contributed by atoms with Gasteiger partial charge in [-0.3, -0.25) is 0 Å². The molecule has 4 aromatic rings. The zero-order chi connectivity index (χ0) is 24.3. The molecular weight excluding hydrogens is 446 g/mol. The molecule has 3 aromatic carbocycles. The monoisotopic (exact) mass is 477 g/mol. The molecule has 0 saturated heterocycles. The van der Waals surface area contributed by atoms with Crippen LogP contribution in [-0.4, -0.2) is 23.4 Å². The quantitative estimate of drug-likeness (QED) is 0.207. The van der Waals surface area contributed by atoms with Crippen LogP contribution in [0.3, 0.4) is 0 Å². The molecule has 0 aliphatic heterocycles. The topological polar surface area (TPSA) is 74.1 Å². The van der Waals surface area contributed by atoms with Gasteiger partial charge in [-0.05, 0) is 60.7 Å². The van der Waals surface area contributed by atoms with Crippen molar-refractivity contribution in [3.05, 3.63) is 77.9 Å². The van der Waals surface area contributed by atoms with E-state index in [1.165, 1.54) is 11.2 Å². The minimum atomic E-state index is -4.03. The van der Waals surface area contributed by atoms with E-state index in [0.29, 0.717) is 5.69 Å². The maximum Gasteiger partial charge on any atom is 0.339 e. The lowest BCUT2D eigenvalue weighted by Gasteiger charge is -2.26. The summed E-state index contributed by atoms with van der Waals surface area (Å²) < 4.78 is 31.8. The van der Waals surface area contributed by atoms with E-state index in [0.717, 1.165) is 41.4 Å². The third-order valence-electron chi connectivity index (χ3n) is 6.16. The largest absolute Gasteiger partial charge is 0.377 e. The van der Waals surface area contributed by atoms with E-state index in [1.807, 2.05) is 43.3 Å². The first-order valence-corrected chi connectivity index (χ1v) is 13.1. The molecule has 0 saturated carbocycles. The number of rotatable bonds is 9. The molecule has 0 N–H and O–H groups in total. The summed E-state index contributed by atoms with van der Waals surface area (Å²) in [5, 5.41) is 9.17. The summed E-state index contributed by atoms with van der Waals surface area (Å²) in [7, 11) is -4.03. The number of fused-ring (bicyclic) bond motifs is 1. The van der Waals surface area contributed by atoms with Gasteiger partial charge in [0.2, 0.25) is 0 Å². The van der Waals surface area contributed by atoms with Gasteiger partial charge in [0.1, 0.15) is 21.6 Å². The molecule has 4 rings (SSSR count). The van der Waals surface area contributed by atoms with Crippen molar-refractivity contribution in [2.45, 2.75) is 63.7 Å². The molecule has 1 heterocycles. The summed E-state index contributed by atoms with van der Waals surface area (Å²) in [6, 6.07) is 19.8. The molecule has 0 fully saturated rings. The molecule has 0 aliphatic rings. The van der Waals surface area contributed by atoms with Crippen LogP contribution in [0.25, 0.3) is 16.7 Å². The first-order chi connectivity index (χ1) is 16.2. The highest BCUT2D eigenvalue weighted by molar-refractivity contribution is 7.87. The lowest BCUT2D eigenvalue weighted by Crippen LogP contribution is -2.18. The first kappa shape index (κ1) is 24.0. The summed E-state index contributed by atoms with van der Waals surface area (Å²) >= 11 is 0. The molecule has 0 spiro atoms. The van der Waals surface area contributed by atoms with Crippen LogP contribution >= 0.6 is 0 Å². The lowest BCUT2D eigenvalue weighted by molar-refractivity contribution is 0.448. The average Bonchev–Trinajstić information content (AvgIpc) is 3.23. The second kappa shape index (κ2) is 9.58. The smallest absolute Gasteiger partial charge is 0.339 e. The molecule has 0 bridgehead atoms. The Morgan fingerprint density at radius 1 is 0.912 bits per heavy atom. The first-order valence-electron chi connectivity index (χ1n) is 11.7. The normalized spacial score (nSPS) is 12.2. The minimum absolute atomic E-state index is 0.0924. The third kappa shape index (κ3) is 5.14. The Balaban J connectivity index is 1.78. The Labute approximate surface area is 201 Å². The standard InChI is InChI=1S/C27H31N3O3S/c1-5-6-9-18-27(3,4)21-14-17-26(33-34(31,32)22-15-12-20(2)13-16-22)25(19-21)30-28-23-10-7-8-11-24(23)29-30/h7-8,10-17,19H,5-6,9,18H2,1-4H3. The van der Waals surface area contributed by atoms with Crippen molar-refractivity contribution >= 4 is 21.2 Å². The van der Waals surface area contributed by atoms with Crippen LogP contribution in [0.1, 0.15) is 57.6 Å². The van der Waals surface area contributed by atoms with Crippen LogP contribution < -0.4 is 4.18 Å². The van der Waals surface area contributed by atoms with Gasteiger partial charge >= 0.3 is 10.1 Å². The van der Waals surface area contributed by atoms with Crippen molar-refractivity contribution in [2.24, 2.45) is 0 Å². The number of benzene rings is 3.